The second-order valence-corrected chi connectivity index (χ2v) is 12.3. The first-order valence-electron chi connectivity index (χ1n) is 15.9. The third-order valence-electron chi connectivity index (χ3n) is 8.55. The van der Waals surface area contributed by atoms with Crippen molar-refractivity contribution in [3.8, 4) is 45.6 Å². The van der Waals surface area contributed by atoms with Crippen LogP contribution in [-0.2, 0) is 0 Å². The Morgan fingerprint density at radius 2 is 0.682 bits per heavy atom. The van der Waals surface area contributed by atoms with Crippen molar-refractivity contribution in [2.24, 2.45) is 0 Å². The first-order chi connectivity index (χ1) is 20.9. The summed E-state index contributed by atoms with van der Waals surface area (Å²) < 4.78 is 25.1. The fourth-order valence-electron chi connectivity index (χ4n) is 6.03. The van der Waals surface area contributed by atoms with Gasteiger partial charge in [0.05, 0.1) is 13.2 Å². The molecule has 0 fully saturated rings. The van der Waals surface area contributed by atoms with Crippen molar-refractivity contribution in [2.45, 2.75) is 95.9 Å². The molecule has 0 amide bonds. The van der Waals surface area contributed by atoms with Crippen LogP contribution in [0.25, 0.3) is 11.1 Å². The fourth-order valence-corrected chi connectivity index (χ4v) is 6.03. The minimum atomic E-state index is 0.715. The van der Waals surface area contributed by atoms with Gasteiger partial charge in [-0.2, -0.15) is 0 Å². The van der Waals surface area contributed by atoms with Crippen molar-refractivity contribution < 1.29 is 18.9 Å². The van der Waals surface area contributed by atoms with E-state index in [-0.39, 0.29) is 0 Å². The molecule has 4 aromatic rings. The smallest absolute Gasteiger partial charge is 0.133 e. The number of benzene rings is 4. The minimum absolute atomic E-state index is 0.715. The summed E-state index contributed by atoms with van der Waals surface area (Å²) >= 11 is 0. The molecule has 0 saturated carbocycles. The van der Waals surface area contributed by atoms with E-state index in [1.54, 1.807) is 0 Å². The zero-order valence-corrected chi connectivity index (χ0v) is 28.9. The Hall–Kier alpha value is -3.92. The average Bonchev–Trinajstić information content (AvgIpc) is 2.96. The highest BCUT2D eigenvalue weighted by molar-refractivity contribution is 5.77. The standard InChI is InChI=1S/C40H50O4/c1-13-15-41-37-23(3)17-33(18-24(37)4)43-39-27(7)21-35(29(9)31(39)11)36-22-28(8)40(32(12)30(36)10)44-34-19-25(5)38(26(6)20-34)42-16-14-2/h17-22H,13-16H2,1-12H3. The topological polar surface area (TPSA) is 36.9 Å². The first-order valence-corrected chi connectivity index (χ1v) is 15.9. The molecule has 234 valence electrons. The molecule has 4 heteroatoms. The van der Waals surface area contributed by atoms with E-state index >= 15 is 0 Å². The molecule has 0 aromatic heterocycles. The van der Waals surface area contributed by atoms with Gasteiger partial charge in [0.25, 0.3) is 0 Å². The van der Waals surface area contributed by atoms with Crippen LogP contribution in [-0.4, -0.2) is 13.2 Å². The molecule has 0 spiro atoms. The molecular weight excluding hydrogens is 544 g/mol. The van der Waals surface area contributed by atoms with Gasteiger partial charge in [-0.3, -0.25) is 0 Å². The van der Waals surface area contributed by atoms with Gasteiger partial charge in [0.2, 0.25) is 0 Å². The lowest BCUT2D eigenvalue weighted by Gasteiger charge is -2.22. The van der Waals surface area contributed by atoms with Gasteiger partial charge in [0, 0.05) is 0 Å². The van der Waals surface area contributed by atoms with E-state index in [0.29, 0.717) is 13.2 Å². The molecule has 0 saturated heterocycles. The Balaban J connectivity index is 1.67. The Morgan fingerprint density at radius 1 is 0.386 bits per heavy atom. The largest absolute Gasteiger partial charge is 0.493 e. The van der Waals surface area contributed by atoms with Gasteiger partial charge in [-0.1, -0.05) is 13.8 Å². The van der Waals surface area contributed by atoms with Crippen molar-refractivity contribution in [3.63, 3.8) is 0 Å². The van der Waals surface area contributed by atoms with Crippen molar-refractivity contribution in [2.75, 3.05) is 13.2 Å². The molecule has 0 bridgehead atoms. The quantitative estimate of drug-likeness (QED) is 0.173. The van der Waals surface area contributed by atoms with Gasteiger partial charge < -0.3 is 18.9 Å². The van der Waals surface area contributed by atoms with Crippen LogP contribution >= 0.6 is 0 Å². The minimum Gasteiger partial charge on any atom is -0.493 e. The maximum atomic E-state index is 6.56. The van der Waals surface area contributed by atoms with E-state index in [1.807, 2.05) is 0 Å². The number of ether oxygens (including phenoxy) is 4. The molecule has 0 unspecified atom stereocenters. The van der Waals surface area contributed by atoms with Crippen LogP contribution in [0.15, 0.2) is 36.4 Å². The summed E-state index contributed by atoms with van der Waals surface area (Å²) in [6.07, 6.45) is 1.97. The second-order valence-electron chi connectivity index (χ2n) is 12.3. The molecule has 0 aliphatic carbocycles. The van der Waals surface area contributed by atoms with Crippen LogP contribution in [0, 0.1) is 69.2 Å². The molecule has 0 radical (unpaired) electrons. The average molecular weight is 595 g/mol. The van der Waals surface area contributed by atoms with E-state index in [4.69, 9.17) is 18.9 Å². The molecular formula is C40H50O4. The Bertz CT molecular complexity index is 1510. The highest BCUT2D eigenvalue weighted by Gasteiger charge is 2.20. The highest BCUT2D eigenvalue weighted by atomic mass is 16.5. The predicted octanol–water partition coefficient (Wildman–Crippen LogP) is 11.6. The van der Waals surface area contributed by atoms with Crippen LogP contribution in [0.1, 0.15) is 82.3 Å². The van der Waals surface area contributed by atoms with E-state index in [9.17, 15) is 0 Å². The number of hydrogen-bond acceptors (Lipinski definition) is 4. The maximum absolute atomic E-state index is 6.56. The SMILES string of the molecule is CCCOc1c(C)cc(Oc2c(C)cc(-c3cc(C)c(Oc4cc(C)c(OCCC)c(C)c4)c(C)c3C)c(C)c2C)cc1C. The van der Waals surface area contributed by atoms with Gasteiger partial charge in [-0.05, 0) is 185 Å². The molecule has 0 aliphatic rings. The molecule has 0 N–H and O–H groups in total. The lowest BCUT2D eigenvalue weighted by atomic mass is 9.88. The van der Waals surface area contributed by atoms with Crippen LogP contribution in [0.5, 0.6) is 34.5 Å². The molecule has 4 aromatic carbocycles. The van der Waals surface area contributed by atoms with Crippen LogP contribution in [0.2, 0.25) is 0 Å². The summed E-state index contributed by atoms with van der Waals surface area (Å²) in [5, 5.41) is 0. The third kappa shape index (κ3) is 6.75. The summed E-state index contributed by atoms with van der Waals surface area (Å²) in [7, 11) is 0. The van der Waals surface area contributed by atoms with Gasteiger partial charge in [-0.15, -0.1) is 0 Å². The molecule has 0 atom stereocenters. The Labute approximate surface area is 265 Å². The Morgan fingerprint density at radius 3 is 0.977 bits per heavy atom. The fraction of sp³-hybridized carbons (Fsp3) is 0.400. The molecule has 4 rings (SSSR count). The first kappa shape index (κ1) is 33.0. The molecule has 0 aliphatic heterocycles. The highest BCUT2D eigenvalue weighted by Crippen LogP contribution is 2.43. The predicted molar refractivity (Wildman–Crippen MR) is 184 cm³/mol. The van der Waals surface area contributed by atoms with Crippen LogP contribution < -0.4 is 18.9 Å². The number of hydrogen-bond donors (Lipinski definition) is 0. The summed E-state index contributed by atoms with van der Waals surface area (Å²) in [5.41, 5.74) is 13.7. The van der Waals surface area contributed by atoms with E-state index in [2.05, 4.69) is 119 Å². The number of rotatable bonds is 11. The summed E-state index contributed by atoms with van der Waals surface area (Å²) in [6, 6.07) is 12.8. The van der Waals surface area contributed by atoms with E-state index in [1.165, 1.54) is 22.3 Å². The molecule has 4 nitrogen and oxygen atoms in total. The molecule has 44 heavy (non-hydrogen) atoms. The van der Waals surface area contributed by atoms with Crippen molar-refractivity contribution in [1.82, 2.24) is 0 Å². The monoisotopic (exact) mass is 594 g/mol. The lowest BCUT2D eigenvalue weighted by molar-refractivity contribution is 0.312. The number of aryl methyl sites for hydroxylation is 6. The van der Waals surface area contributed by atoms with E-state index in [0.717, 1.165) is 91.8 Å². The zero-order chi connectivity index (χ0) is 32.3. The Kier molecular flexibility index (Phi) is 10.3. The second kappa shape index (κ2) is 13.8. The van der Waals surface area contributed by atoms with Gasteiger partial charge >= 0.3 is 0 Å². The normalized spacial score (nSPS) is 11.1. The summed E-state index contributed by atoms with van der Waals surface area (Å²) in [6.45, 7) is 27.0. The van der Waals surface area contributed by atoms with Gasteiger partial charge in [-0.25, -0.2) is 0 Å². The third-order valence-corrected chi connectivity index (χ3v) is 8.55. The van der Waals surface area contributed by atoms with Gasteiger partial charge in [0.15, 0.2) is 0 Å². The van der Waals surface area contributed by atoms with Crippen molar-refractivity contribution in [1.29, 1.82) is 0 Å². The van der Waals surface area contributed by atoms with E-state index < -0.39 is 0 Å². The summed E-state index contributed by atoms with van der Waals surface area (Å²) in [4.78, 5) is 0. The summed E-state index contributed by atoms with van der Waals surface area (Å²) in [5.74, 6) is 5.40. The van der Waals surface area contributed by atoms with Crippen molar-refractivity contribution >= 4 is 0 Å². The van der Waals surface area contributed by atoms with Crippen molar-refractivity contribution in [3.05, 3.63) is 92.0 Å². The zero-order valence-electron chi connectivity index (χ0n) is 28.9. The lowest BCUT2D eigenvalue weighted by Crippen LogP contribution is -2.02. The van der Waals surface area contributed by atoms with Crippen LogP contribution in [0.3, 0.4) is 0 Å². The van der Waals surface area contributed by atoms with Gasteiger partial charge in [0.1, 0.15) is 34.5 Å². The molecule has 0 heterocycles. The maximum Gasteiger partial charge on any atom is 0.133 e. The van der Waals surface area contributed by atoms with Crippen LogP contribution in [0.4, 0.5) is 0 Å².